The number of ether oxygens (including phenoxy) is 4. The lowest BCUT2D eigenvalue weighted by molar-refractivity contribution is -0.213. The second-order valence-electron chi connectivity index (χ2n) is 11.6. The van der Waals surface area contributed by atoms with Crippen LogP contribution in [-0.4, -0.2) is 77.6 Å². The van der Waals surface area contributed by atoms with E-state index < -0.39 is 64.1 Å². The van der Waals surface area contributed by atoms with E-state index in [4.69, 9.17) is 18.9 Å². The first-order chi connectivity index (χ1) is 17.0. The molecule has 1 aromatic carbocycles. The van der Waals surface area contributed by atoms with Crippen LogP contribution in [0.3, 0.4) is 0 Å². The highest BCUT2D eigenvalue weighted by molar-refractivity contribution is 5.99. The van der Waals surface area contributed by atoms with Crippen LogP contribution in [0.4, 0.5) is 0 Å². The van der Waals surface area contributed by atoms with Gasteiger partial charge in [-0.05, 0) is 17.5 Å². The summed E-state index contributed by atoms with van der Waals surface area (Å²) in [7, 11) is 0. The van der Waals surface area contributed by atoms with Crippen molar-refractivity contribution in [1.29, 1.82) is 0 Å². The summed E-state index contributed by atoms with van der Waals surface area (Å²) < 4.78 is 22.7. The SMILES string of the molecule is CC(C)(C)[C@]1(O)C[C@@H]2OC(=O)C[C@@]23C(=O)O[C@@H]2N(CC4COC4)C(=O)[C@H](OC(=O)c4ccccc4)C213. The Kier molecular flexibility index (Phi) is 4.74. The van der Waals surface area contributed by atoms with Crippen LogP contribution in [0.1, 0.15) is 44.0 Å². The van der Waals surface area contributed by atoms with Crippen molar-refractivity contribution in [3.8, 4) is 0 Å². The minimum atomic E-state index is -1.76. The largest absolute Gasteiger partial charge is 0.461 e. The molecule has 0 radical (unpaired) electrons. The topological polar surface area (TPSA) is 129 Å². The molecule has 10 nitrogen and oxygen atoms in total. The van der Waals surface area contributed by atoms with Crippen LogP contribution in [0, 0.1) is 22.2 Å². The summed E-state index contributed by atoms with van der Waals surface area (Å²) in [4.78, 5) is 55.0. The minimum absolute atomic E-state index is 0.00576. The second-order valence-corrected chi connectivity index (χ2v) is 11.6. The van der Waals surface area contributed by atoms with Gasteiger partial charge in [0.1, 0.15) is 16.9 Å². The summed E-state index contributed by atoms with van der Waals surface area (Å²) in [5.41, 5.74) is -5.87. The Bertz CT molecular complexity index is 1160. The van der Waals surface area contributed by atoms with Crippen molar-refractivity contribution in [1.82, 2.24) is 4.90 Å². The standard InChI is InChI=1S/C26H29NO9/c1-23(2,3)25(32)9-16-24(10-17(28)34-16)22(31)36-21-26(24,25)18(19(29)27(21)11-14-12-33-13-14)35-20(30)15-7-5-4-6-8-15/h4-8,14,16,18,21,32H,9-13H2,1-3H3/t16-,18-,21-,24-,25+,26?/m0/s1. The quantitative estimate of drug-likeness (QED) is 0.477. The molecule has 6 rings (SSSR count). The Balaban J connectivity index is 1.55. The number of rotatable bonds is 4. The van der Waals surface area contributed by atoms with E-state index in [1.54, 1.807) is 51.1 Å². The van der Waals surface area contributed by atoms with Gasteiger partial charge in [-0.1, -0.05) is 39.0 Å². The number of likely N-dealkylation sites (tertiary alicyclic amines) is 1. The molecule has 5 fully saturated rings. The molecular weight excluding hydrogens is 470 g/mol. The number of aliphatic hydroxyl groups is 1. The number of carbonyl (C=O) groups is 4. The average Bonchev–Trinajstić information content (AvgIpc) is 3.39. The summed E-state index contributed by atoms with van der Waals surface area (Å²) in [6.07, 6.45) is -4.24. The van der Waals surface area contributed by atoms with Gasteiger partial charge in [0, 0.05) is 18.9 Å². The predicted octanol–water partition coefficient (Wildman–Crippen LogP) is 1.05. The maximum Gasteiger partial charge on any atom is 0.338 e. The van der Waals surface area contributed by atoms with Gasteiger partial charge in [0.15, 0.2) is 12.3 Å². The Morgan fingerprint density at radius 3 is 2.44 bits per heavy atom. The zero-order valence-electron chi connectivity index (χ0n) is 20.4. The number of benzene rings is 1. The first-order valence-electron chi connectivity index (χ1n) is 12.2. The summed E-state index contributed by atoms with van der Waals surface area (Å²) in [5.74, 6) is -2.65. The monoisotopic (exact) mass is 499 g/mol. The third kappa shape index (κ3) is 2.58. The molecule has 4 aliphatic heterocycles. The van der Waals surface area contributed by atoms with Gasteiger partial charge in [-0.2, -0.15) is 0 Å². The molecule has 36 heavy (non-hydrogen) atoms. The molecule has 1 aromatic rings. The van der Waals surface area contributed by atoms with Crippen molar-refractivity contribution in [2.45, 2.75) is 57.6 Å². The first-order valence-corrected chi connectivity index (χ1v) is 12.2. The van der Waals surface area contributed by atoms with Crippen molar-refractivity contribution in [2.24, 2.45) is 22.2 Å². The summed E-state index contributed by atoms with van der Waals surface area (Å²) in [6, 6.07) is 8.20. The fourth-order valence-corrected chi connectivity index (χ4v) is 7.20. The highest BCUT2D eigenvalue weighted by Gasteiger charge is 2.93. The fourth-order valence-electron chi connectivity index (χ4n) is 7.20. The van der Waals surface area contributed by atoms with E-state index in [0.717, 1.165) is 0 Å². The minimum Gasteiger partial charge on any atom is -0.461 e. The molecule has 0 aromatic heterocycles. The Hall–Kier alpha value is -2.98. The molecule has 1 aliphatic carbocycles. The number of hydrogen-bond donors (Lipinski definition) is 1. The molecule has 4 saturated heterocycles. The molecule has 6 atom stereocenters. The van der Waals surface area contributed by atoms with Crippen LogP contribution < -0.4 is 0 Å². The number of nitrogens with zero attached hydrogens (tertiary/aromatic N) is 1. The Labute approximate surface area is 207 Å². The Morgan fingerprint density at radius 2 is 1.83 bits per heavy atom. The van der Waals surface area contributed by atoms with E-state index in [1.165, 1.54) is 4.90 Å². The van der Waals surface area contributed by atoms with E-state index in [1.807, 2.05) is 0 Å². The molecule has 1 saturated carbocycles. The van der Waals surface area contributed by atoms with Gasteiger partial charge in [0.2, 0.25) is 0 Å². The molecule has 192 valence electrons. The molecule has 5 aliphatic rings. The molecule has 1 unspecified atom stereocenters. The lowest BCUT2D eigenvalue weighted by atomic mass is 9.52. The van der Waals surface area contributed by atoms with Crippen molar-refractivity contribution in [2.75, 3.05) is 19.8 Å². The normalized spacial score (nSPS) is 39.3. The van der Waals surface area contributed by atoms with Crippen molar-refractivity contribution in [3.63, 3.8) is 0 Å². The fraction of sp³-hybridized carbons (Fsp3) is 0.615. The zero-order chi connectivity index (χ0) is 25.7. The Morgan fingerprint density at radius 1 is 1.14 bits per heavy atom. The smallest absolute Gasteiger partial charge is 0.338 e. The van der Waals surface area contributed by atoms with Crippen molar-refractivity contribution < 1.29 is 43.2 Å². The van der Waals surface area contributed by atoms with Gasteiger partial charge in [0.05, 0.1) is 30.8 Å². The summed E-state index contributed by atoms with van der Waals surface area (Å²) in [5, 5.41) is 12.5. The van der Waals surface area contributed by atoms with E-state index in [0.29, 0.717) is 13.2 Å². The number of esters is 3. The average molecular weight is 500 g/mol. The van der Waals surface area contributed by atoms with Crippen molar-refractivity contribution >= 4 is 23.8 Å². The molecule has 2 spiro atoms. The van der Waals surface area contributed by atoms with Crippen LogP contribution >= 0.6 is 0 Å². The van der Waals surface area contributed by atoms with Gasteiger partial charge >= 0.3 is 17.9 Å². The van der Waals surface area contributed by atoms with Gasteiger partial charge in [-0.3, -0.25) is 14.4 Å². The predicted molar refractivity (Wildman–Crippen MR) is 120 cm³/mol. The number of amides is 1. The van der Waals surface area contributed by atoms with Crippen LogP contribution in [0.25, 0.3) is 0 Å². The van der Waals surface area contributed by atoms with Crippen LogP contribution in [0.15, 0.2) is 30.3 Å². The maximum absolute atomic E-state index is 14.1. The molecule has 10 heteroatoms. The number of carbonyl (C=O) groups excluding carboxylic acids is 4. The van der Waals surface area contributed by atoms with E-state index in [-0.39, 0.29) is 30.9 Å². The van der Waals surface area contributed by atoms with Crippen LogP contribution in [0.5, 0.6) is 0 Å². The summed E-state index contributed by atoms with van der Waals surface area (Å²) in [6.45, 7) is 6.45. The highest BCUT2D eigenvalue weighted by Crippen LogP contribution is 2.76. The lowest BCUT2D eigenvalue weighted by Gasteiger charge is -2.51. The zero-order valence-corrected chi connectivity index (χ0v) is 20.4. The maximum atomic E-state index is 14.1. The van der Waals surface area contributed by atoms with Gasteiger partial charge in [0.25, 0.3) is 5.91 Å². The van der Waals surface area contributed by atoms with Gasteiger partial charge < -0.3 is 29.0 Å². The molecule has 1 N–H and O–H groups in total. The second kappa shape index (κ2) is 7.29. The first kappa shape index (κ1) is 23.4. The lowest BCUT2D eigenvalue weighted by Crippen LogP contribution is -2.66. The third-order valence-electron chi connectivity index (χ3n) is 8.96. The van der Waals surface area contributed by atoms with Gasteiger partial charge in [-0.25, -0.2) is 4.79 Å². The molecule has 1 amide bonds. The summed E-state index contributed by atoms with van der Waals surface area (Å²) >= 11 is 0. The van der Waals surface area contributed by atoms with Crippen LogP contribution in [0.2, 0.25) is 0 Å². The van der Waals surface area contributed by atoms with Crippen LogP contribution in [-0.2, 0) is 33.3 Å². The molecule has 0 bridgehead atoms. The molecule has 4 heterocycles. The molecular formula is C26H29NO9. The van der Waals surface area contributed by atoms with Gasteiger partial charge in [-0.15, -0.1) is 0 Å². The van der Waals surface area contributed by atoms with E-state index in [2.05, 4.69) is 0 Å². The third-order valence-corrected chi connectivity index (χ3v) is 8.96. The highest BCUT2D eigenvalue weighted by atomic mass is 16.6. The van der Waals surface area contributed by atoms with Crippen molar-refractivity contribution in [3.05, 3.63) is 35.9 Å². The number of hydrogen-bond acceptors (Lipinski definition) is 9. The van der Waals surface area contributed by atoms with E-state index >= 15 is 0 Å². The van der Waals surface area contributed by atoms with E-state index in [9.17, 15) is 24.3 Å².